The second-order valence-electron chi connectivity index (χ2n) is 9.62. The molecule has 2 amide bonds. The number of fused-ring (bicyclic) bond motifs is 1. The lowest BCUT2D eigenvalue weighted by atomic mass is 9.92. The maximum Gasteiger partial charge on any atom is 0.356 e. The number of β-lactam (4-membered cyclic amide) rings is 1. The number of hydrogen-bond acceptors (Lipinski definition) is 7. The molecule has 0 unspecified atom stereocenters. The zero-order valence-corrected chi connectivity index (χ0v) is 21.4. The highest BCUT2D eigenvalue weighted by atomic mass is 32.2. The van der Waals surface area contributed by atoms with E-state index in [1.807, 2.05) is 6.92 Å². The average molecular weight is 470 g/mol. The minimum atomic E-state index is -2.06. The van der Waals surface area contributed by atoms with E-state index in [9.17, 15) is 14.4 Å². The van der Waals surface area contributed by atoms with Gasteiger partial charge in [0.05, 0.1) is 18.6 Å². The van der Waals surface area contributed by atoms with E-state index in [-0.39, 0.29) is 47.2 Å². The maximum absolute atomic E-state index is 13.1. The summed E-state index contributed by atoms with van der Waals surface area (Å²) in [6.07, 6.45) is 1.21. The van der Waals surface area contributed by atoms with E-state index in [1.54, 1.807) is 11.9 Å². The first-order valence-electron chi connectivity index (χ1n) is 10.4. The van der Waals surface area contributed by atoms with Crippen molar-refractivity contribution in [3.8, 4) is 0 Å². The first kappa shape index (κ1) is 25.6. The van der Waals surface area contributed by atoms with Gasteiger partial charge in [-0.1, -0.05) is 33.4 Å². The molecule has 31 heavy (non-hydrogen) atoms. The largest absolute Gasteiger partial charge is 0.457 e. The van der Waals surface area contributed by atoms with Crippen LogP contribution in [-0.4, -0.2) is 74.1 Å². The van der Waals surface area contributed by atoms with Crippen LogP contribution in [-0.2, 0) is 23.5 Å². The highest BCUT2D eigenvalue weighted by Crippen LogP contribution is 2.52. The van der Waals surface area contributed by atoms with Crippen LogP contribution in [0.5, 0.6) is 0 Å². The quantitative estimate of drug-likeness (QED) is 0.227. The van der Waals surface area contributed by atoms with Crippen LogP contribution in [0.2, 0.25) is 18.1 Å². The van der Waals surface area contributed by atoms with E-state index in [0.717, 1.165) is 0 Å². The lowest BCUT2D eigenvalue weighted by Gasteiger charge is -2.48. The number of rotatable bonds is 10. The van der Waals surface area contributed by atoms with Crippen LogP contribution in [0, 0.1) is 5.92 Å². The van der Waals surface area contributed by atoms with Gasteiger partial charge in [-0.25, -0.2) is 4.79 Å². The molecule has 2 aliphatic rings. The molecular weight excluding hydrogens is 434 g/mol. The van der Waals surface area contributed by atoms with Crippen molar-refractivity contribution >= 4 is 37.9 Å². The standard InChI is InChI=1S/C21H35N3O5SSi/c1-9-10-28-20(27)17-14(11-23(6)12-15(22)25)30-19-16(18(26)24(17)19)13(2)29-31(7,8)21(3,4)5/h9,13,16,19H,1,10-12H2,2-8H3,(H2,22,25)/t13-,16+,19-/m1/s1. The number of carbonyl (C=O) groups is 3. The van der Waals surface area contributed by atoms with Gasteiger partial charge < -0.3 is 14.9 Å². The third-order valence-electron chi connectivity index (χ3n) is 6.01. The van der Waals surface area contributed by atoms with Crippen molar-refractivity contribution in [3.63, 3.8) is 0 Å². The van der Waals surface area contributed by atoms with Crippen molar-refractivity contribution in [1.82, 2.24) is 9.80 Å². The molecule has 1 fully saturated rings. The fraction of sp³-hybridized carbons (Fsp3) is 0.667. The Morgan fingerprint density at radius 2 is 2.00 bits per heavy atom. The maximum atomic E-state index is 13.1. The fourth-order valence-electron chi connectivity index (χ4n) is 3.43. The Morgan fingerprint density at radius 3 is 2.52 bits per heavy atom. The molecular formula is C21H35N3O5SSi. The van der Waals surface area contributed by atoms with Gasteiger partial charge in [-0.3, -0.25) is 19.4 Å². The smallest absolute Gasteiger partial charge is 0.356 e. The monoisotopic (exact) mass is 469 g/mol. The predicted octanol–water partition coefficient (Wildman–Crippen LogP) is 2.29. The van der Waals surface area contributed by atoms with E-state index in [4.69, 9.17) is 14.9 Å². The Morgan fingerprint density at radius 1 is 1.39 bits per heavy atom. The van der Waals surface area contributed by atoms with Crippen molar-refractivity contribution in [1.29, 1.82) is 0 Å². The molecule has 0 aliphatic carbocycles. The van der Waals surface area contributed by atoms with Gasteiger partial charge in [-0.2, -0.15) is 0 Å². The molecule has 10 heteroatoms. The molecule has 2 heterocycles. The average Bonchev–Trinajstić information content (AvgIpc) is 2.91. The minimum Gasteiger partial charge on any atom is -0.457 e. The SMILES string of the molecule is C=CCOC(=O)C1=C(CN(C)CC(N)=O)S[C@@H]2[C@@H]([C@@H](C)O[Si](C)(C)C(C)(C)C)C(=O)N12. The zero-order valence-electron chi connectivity index (χ0n) is 19.6. The van der Waals surface area contributed by atoms with Crippen molar-refractivity contribution in [3.05, 3.63) is 23.3 Å². The van der Waals surface area contributed by atoms with Gasteiger partial charge in [0.25, 0.3) is 0 Å². The van der Waals surface area contributed by atoms with Gasteiger partial charge in [0.2, 0.25) is 11.8 Å². The van der Waals surface area contributed by atoms with Crippen LogP contribution in [0.3, 0.4) is 0 Å². The van der Waals surface area contributed by atoms with Crippen LogP contribution in [0.1, 0.15) is 27.7 Å². The number of primary amides is 1. The van der Waals surface area contributed by atoms with Crippen LogP contribution in [0.4, 0.5) is 0 Å². The van der Waals surface area contributed by atoms with Gasteiger partial charge in [-0.05, 0) is 32.1 Å². The molecule has 0 spiro atoms. The van der Waals surface area contributed by atoms with Gasteiger partial charge in [0.1, 0.15) is 17.7 Å². The summed E-state index contributed by atoms with van der Waals surface area (Å²) in [6, 6.07) is 0. The fourth-order valence-corrected chi connectivity index (χ4v) is 6.54. The van der Waals surface area contributed by atoms with E-state index >= 15 is 0 Å². The molecule has 0 aromatic heterocycles. The second kappa shape index (κ2) is 9.48. The number of ether oxygens (including phenoxy) is 1. The van der Waals surface area contributed by atoms with E-state index in [2.05, 4.69) is 40.4 Å². The lowest BCUT2D eigenvalue weighted by Crippen LogP contribution is -2.62. The van der Waals surface area contributed by atoms with Crippen molar-refractivity contribution in [2.24, 2.45) is 11.7 Å². The van der Waals surface area contributed by atoms with Gasteiger partial charge in [-0.15, -0.1) is 11.8 Å². The van der Waals surface area contributed by atoms with Crippen LogP contribution in [0.15, 0.2) is 23.3 Å². The third kappa shape index (κ3) is 5.42. The summed E-state index contributed by atoms with van der Waals surface area (Å²) < 4.78 is 11.7. The molecule has 2 rings (SSSR count). The van der Waals surface area contributed by atoms with Crippen LogP contribution >= 0.6 is 11.8 Å². The van der Waals surface area contributed by atoms with Crippen molar-refractivity contribution in [2.45, 2.75) is 57.3 Å². The molecule has 0 saturated carbocycles. The van der Waals surface area contributed by atoms with Gasteiger partial charge in [0.15, 0.2) is 8.32 Å². The first-order chi connectivity index (χ1) is 14.2. The number of hydrogen-bond donors (Lipinski definition) is 1. The molecule has 2 N–H and O–H groups in total. The molecule has 1 saturated heterocycles. The van der Waals surface area contributed by atoms with Gasteiger partial charge in [0, 0.05) is 11.4 Å². The minimum absolute atomic E-state index is 0.0249. The number of nitrogens with zero attached hydrogens (tertiary/aromatic N) is 2. The van der Waals surface area contributed by atoms with Crippen molar-refractivity contribution in [2.75, 3.05) is 26.7 Å². The Hall–Kier alpha value is -1.62. The molecule has 0 aromatic carbocycles. The summed E-state index contributed by atoms with van der Waals surface area (Å²) in [5.74, 6) is -1.51. The number of carbonyl (C=O) groups excluding carboxylic acids is 3. The van der Waals surface area contributed by atoms with E-state index in [1.165, 1.54) is 22.7 Å². The van der Waals surface area contributed by atoms with Crippen LogP contribution in [0.25, 0.3) is 0 Å². The lowest BCUT2D eigenvalue weighted by molar-refractivity contribution is -0.157. The number of amides is 2. The number of esters is 1. The van der Waals surface area contributed by atoms with Crippen molar-refractivity contribution < 1.29 is 23.5 Å². The summed E-state index contributed by atoms with van der Waals surface area (Å²) in [6.45, 7) is 16.7. The van der Waals surface area contributed by atoms with Crippen LogP contribution < -0.4 is 5.73 Å². The molecule has 3 atom stereocenters. The molecule has 2 aliphatic heterocycles. The summed E-state index contributed by atoms with van der Waals surface area (Å²) in [7, 11) is -0.321. The first-order valence-corrected chi connectivity index (χ1v) is 14.2. The third-order valence-corrected chi connectivity index (χ3v) is 11.9. The summed E-state index contributed by atoms with van der Waals surface area (Å²) in [5, 5.41) is -0.201. The molecule has 174 valence electrons. The molecule has 0 aromatic rings. The zero-order chi connectivity index (χ0) is 23.7. The normalized spacial score (nSPS) is 22.3. The summed E-state index contributed by atoms with van der Waals surface area (Å²) in [4.78, 5) is 41.0. The number of nitrogens with two attached hydrogens (primary N) is 1. The highest BCUT2D eigenvalue weighted by Gasteiger charge is 2.59. The predicted molar refractivity (Wildman–Crippen MR) is 124 cm³/mol. The van der Waals surface area contributed by atoms with Gasteiger partial charge >= 0.3 is 5.97 Å². The molecule has 8 nitrogen and oxygen atoms in total. The molecule has 0 radical (unpaired) electrons. The Balaban J connectivity index is 2.23. The number of likely N-dealkylation sites (N-methyl/N-ethyl adjacent to an activating group) is 1. The Bertz CT molecular complexity index is 792. The van der Waals surface area contributed by atoms with E-state index < -0.39 is 20.2 Å². The Kier molecular flexibility index (Phi) is 7.84. The molecule has 0 bridgehead atoms. The number of thioether (sulfide) groups is 1. The summed E-state index contributed by atoms with van der Waals surface area (Å²) >= 11 is 1.46. The topological polar surface area (TPSA) is 102 Å². The van der Waals surface area contributed by atoms with E-state index in [0.29, 0.717) is 11.4 Å². The Labute approximate surface area is 190 Å². The summed E-state index contributed by atoms with van der Waals surface area (Å²) in [5.41, 5.74) is 5.53. The highest BCUT2D eigenvalue weighted by molar-refractivity contribution is 8.04. The second-order valence-corrected chi connectivity index (χ2v) is 15.6.